The molecule has 39 heavy (non-hydrogen) atoms. The van der Waals surface area contributed by atoms with Crippen molar-refractivity contribution in [2.45, 2.75) is 51.0 Å². The fourth-order valence-electron chi connectivity index (χ4n) is 5.15. The van der Waals surface area contributed by atoms with Gasteiger partial charge in [0.15, 0.2) is 0 Å². The smallest absolute Gasteiger partial charge is 0.144 e. The molecule has 0 saturated heterocycles. The molecule has 0 N–H and O–H groups in total. The largest absolute Gasteiger partial charge is 0.497 e. The van der Waals surface area contributed by atoms with Gasteiger partial charge in [0.1, 0.15) is 17.1 Å². The summed E-state index contributed by atoms with van der Waals surface area (Å²) in [5, 5.41) is 0. The standard InChI is InChI=1S/C32H39IO6/c1-4-37-30-18-27(19-33)31(38-21-26-12-16-29(35-3)17-13-26)32(30,39-22-24-8-6-5-7-9-24)23-36-20-25-10-14-28(34-2)15-11-25/h5-17,27,30-31H,4,18-23H2,1-3H3/t27-,30-,31-,32-/m1/s1. The number of halogens is 1. The molecule has 4 rings (SSSR count). The van der Waals surface area contributed by atoms with Crippen LogP contribution in [0.2, 0.25) is 0 Å². The van der Waals surface area contributed by atoms with Crippen LogP contribution in [0.25, 0.3) is 0 Å². The number of rotatable bonds is 15. The molecule has 1 fully saturated rings. The van der Waals surface area contributed by atoms with Crippen molar-refractivity contribution in [3.05, 3.63) is 95.6 Å². The minimum absolute atomic E-state index is 0.150. The first-order chi connectivity index (χ1) is 19.1. The summed E-state index contributed by atoms with van der Waals surface area (Å²) >= 11 is 2.46. The summed E-state index contributed by atoms with van der Waals surface area (Å²) in [6.07, 6.45) is 0.500. The average molecular weight is 647 g/mol. The van der Waals surface area contributed by atoms with Gasteiger partial charge in [-0.3, -0.25) is 0 Å². The predicted molar refractivity (Wildman–Crippen MR) is 161 cm³/mol. The van der Waals surface area contributed by atoms with E-state index in [1.54, 1.807) is 14.2 Å². The summed E-state index contributed by atoms with van der Waals surface area (Å²) in [4.78, 5) is 0. The van der Waals surface area contributed by atoms with E-state index < -0.39 is 5.60 Å². The van der Waals surface area contributed by atoms with Crippen molar-refractivity contribution >= 4 is 22.6 Å². The number of alkyl halides is 1. The molecule has 0 amide bonds. The maximum Gasteiger partial charge on any atom is 0.144 e. The highest BCUT2D eigenvalue weighted by Crippen LogP contribution is 2.44. The van der Waals surface area contributed by atoms with Crippen LogP contribution in [0.4, 0.5) is 0 Å². The van der Waals surface area contributed by atoms with Gasteiger partial charge in [-0.05, 0) is 60.2 Å². The Kier molecular flexibility index (Phi) is 11.5. The Hall–Kier alpha value is -2.17. The zero-order chi connectivity index (χ0) is 27.5. The summed E-state index contributed by atoms with van der Waals surface area (Å²) < 4.78 is 37.9. The Balaban J connectivity index is 1.58. The Morgan fingerprint density at radius 1 is 0.744 bits per heavy atom. The van der Waals surface area contributed by atoms with Gasteiger partial charge >= 0.3 is 0 Å². The lowest BCUT2D eigenvalue weighted by Crippen LogP contribution is -2.55. The lowest BCUT2D eigenvalue weighted by atomic mass is 9.95. The predicted octanol–water partition coefficient (Wildman–Crippen LogP) is 6.62. The van der Waals surface area contributed by atoms with Gasteiger partial charge in [-0.1, -0.05) is 77.2 Å². The fourth-order valence-corrected chi connectivity index (χ4v) is 5.97. The third-order valence-corrected chi connectivity index (χ3v) is 8.36. The molecule has 3 aromatic carbocycles. The molecule has 1 saturated carbocycles. The molecule has 1 aliphatic carbocycles. The molecule has 0 heterocycles. The molecular formula is C32H39IO6. The van der Waals surface area contributed by atoms with Crippen molar-refractivity contribution in [2.75, 3.05) is 31.9 Å². The lowest BCUT2D eigenvalue weighted by Gasteiger charge is -2.40. The lowest BCUT2D eigenvalue weighted by molar-refractivity contribution is -0.219. The summed E-state index contributed by atoms with van der Waals surface area (Å²) in [7, 11) is 3.34. The average Bonchev–Trinajstić information content (AvgIpc) is 3.28. The van der Waals surface area contributed by atoms with Gasteiger partial charge in [-0.2, -0.15) is 0 Å². The molecule has 0 bridgehead atoms. The molecule has 3 aromatic rings. The highest BCUT2D eigenvalue weighted by molar-refractivity contribution is 14.1. The van der Waals surface area contributed by atoms with Gasteiger partial charge in [-0.15, -0.1) is 0 Å². The highest BCUT2D eigenvalue weighted by Gasteiger charge is 2.58. The van der Waals surface area contributed by atoms with Gasteiger partial charge in [0.05, 0.1) is 52.9 Å². The summed E-state index contributed by atoms with van der Waals surface area (Å²) in [5.41, 5.74) is 2.50. The molecule has 7 heteroatoms. The van der Waals surface area contributed by atoms with Crippen LogP contribution in [-0.4, -0.2) is 49.7 Å². The fraction of sp³-hybridized carbons (Fsp3) is 0.438. The molecule has 6 nitrogen and oxygen atoms in total. The zero-order valence-electron chi connectivity index (χ0n) is 23.0. The van der Waals surface area contributed by atoms with Crippen molar-refractivity contribution in [2.24, 2.45) is 5.92 Å². The van der Waals surface area contributed by atoms with Crippen LogP contribution < -0.4 is 9.47 Å². The van der Waals surface area contributed by atoms with E-state index in [1.807, 2.05) is 73.7 Å². The minimum atomic E-state index is -0.763. The Labute approximate surface area is 246 Å². The van der Waals surface area contributed by atoms with E-state index in [4.69, 9.17) is 28.4 Å². The highest BCUT2D eigenvalue weighted by atomic mass is 127. The van der Waals surface area contributed by atoms with Gasteiger partial charge in [0, 0.05) is 11.0 Å². The second-order valence-corrected chi connectivity index (χ2v) is 10.6. The first kappa shape index (κ1) is 29.8. The van der Waals surface area contributed by atoms with Crippen LogP contribution in [0.15, 0.2) is 78.9 Å². The molecule has 0 unspecified atom stereocenters. The van der Waals surface area contributed by atoms with Crippen LogP contribution in [0.5, 0.6) is 11.5 Å². The molecule has 4 atom stereocenters. The number of methoxy groups -OCH3 is 2. The molecule has 1 aliphatic rings. The number of hydrogen-bond acceptors (Lipinski definition) is 6. The van der Waals surface area contributed by atoms with E-state index in [0.717, 1.165) is 39.0 Å². The molecule has 0 spiro atoms. The van der Waals surface area contributed by atoms with Crippen molar-refractivity contribution in [1.82, 2.24) is 0 Å². The molecule has 0 aliphatic heterocycles. The quantitative estimate of drug-likeness (QED) is 0.137. The first-order valence-electron chi connectivity index (χ1n) is 13.4. The van der Waals surface area contributed by atoms with Crippen molar-refractivity contribution < 1.29 is 28.4 Å². The van der Waals surface area contributed by atoms with Gasteiger partial charge < -0.3 is 28.4 Å². The topological polar surface area (TPSA) is 55.4 Å². The van der Waals surface area contributed by atoms with E-state index in [2.05, 4.69) is 34.7 Å². The first-order valence-corrected chi connectivity index (χ1v) is 14.9. The Bertz CT molecular complexity index is 1110. The van der Waals surface area contributed by atoms with Crippen LogP contribution in [0, 0.1) is 5.92 Å². The van der Waals surface area contributed by atoms with E-state index in [1.165, 1.54) is 0 Å². The van der Waals surface area contributed by atoms with E-state index in [0.29, 0.717) is 33.0 Å². The van der Waals surface area contributed by atoms with E-state index in [9.17, 15) is 0 Å². The van der Waals surface area contributed by atoms with E-state index >= 15 is 0 Å². The van der Waals surface area contributed by atoms with Crippen LogP contribution in [0.1, 0.15) is 30.0 Å². The summed E-state index contributed by atoms with van der Waals surface area (Å²) in [6.45, 7) is 4.36. The van der Waals surface area contributed by atoms with Crippen molar-refractivity contribution in [3.63, 3.8) is 0 Å². The third kappa shape index (κ3) is 7.73. The SMILES string of the molecule is CCO[C@@H]1C[C@H](CI)[C@@H](OCc2ccc(OC)cc2)[C@]1(COCc1ccc(OC)cc1)OCc1ccccc1. The van der Waals surface area contributed by atoms with Crippen molar-refractivity contribution in [1.29, 1.82) is 0 Å². The Morgan fingerprint density at radius 2 is 1.33 bits per heavy atom. The normalized spacial score (nSPS) is 22.6. The van der Waals surface area contributed by atoms with Crippen LogP contribution >= 0.6 is 22.6 Å². The molecule has 0 aromatic heterocycles. The van der Waals surface area contributed by atoms with Crippen LogP contribution in [-0.2, 0) is 38.8 Å². The monoisotopic (exact) mass is 646 g/mol. The second kappa shape index (κ2) is 15.0. The van der Waals surface area contributed by atoms with Crippen LogP contribution in [0.3, 0.4) is 0 Å². The maximum absolute atomic E-state index is 6.87. The molecule has 210 valence electrons. The maximum atomic E-state index is 6.87. The zero-order valence-corrected chi connectivity index (χ0v) is 25.2. The van der Waals surface area contributed by atoms with Gasteiger partial charge in [0.25, 0.3) is 0 Å². The minimum Gasteiger partial charge on any atom is -0.497 e. The van der Waals surface area contributed by atoms with Gasteiger partial charge in [0.2, 0.25) is 0 Å². The van der Waals surface area contributed by atoms with Gasteiger partial charge in [-0.25, -0.2) is 0 Å². The summed E-state index contributed by atoms with van der Waals surface area (Å²) in [6, 6.07) is 26.2. The summed E-state index contributed by atoms with van der Waals surface area (Å²) in [5.74, 6) is 1.92. The van der Waals surface area contributed by atoms with E-state index in [-0.39, 0.29) is 18.1 Å². The number of hydrogen-bond donors (Lipinski definition) is 0. The van der Waals surface area contributed by atoms with Crippen molar-refractivity contribution in [3.8, 4) is 11.5 Å². The third-order valence-electron chi connectivity index (χ3n) is 7.23. The second-order valence-electron chi connectivity index (χ2n) is 9.74. The Morgan fingerprint density at radius 3 is 1.90 bits per heavy atom. The number of benzene rings is 3. The number of ether oxygens (including phenoxy) is 6. The molecule has 0 radical (unpaired) electrons. The molecular weight excluding hydrogens is 607 g/mol.